The molecule has 0 unspecified atom stereocenters. The number of benzene rings is 2. The number of amides is 1. The van der Waals surface area contributed by atoms with Crippen LogP contribution in [0.25, 0.3) is 6.08 Å². The number of nitrogens with zero attached hydrogens (tertiary/aromatic N) is 1. The summed E-state index contributed by atoms with van der Waals surface area (Å²) >= 11 is 0. The predicted octanol–water partition coefficient (Wildman–Crippen LogP) is 3.11. The maximum absolute atomic E-state index is 12.2. The monoisotopic (exact) mass is 350 g/mol. The molecule has 0 fully saturated rings. The second-order valence-corrected chi connectivity index (χ2v) is 6.41. The number of hydrogen-bond donors (Lipinski definition) is 1. The van der Waals surface area contributed by atoms with Gasteiger partial charge in [0.1, 0.15) is 0 Å². The zero-order valence-electron chi connectivity index (χ0n) is 15.0. The molecule has 134 valence electrons. The fourth-order valence-electron chi connectivity index (χ4n) is 3.02. The van der Waals surface area contributed by atoms with Crippen LogP contribution < -0.4 is 5.32 Å². The normalized spacial score (nSPS) is 14.1. The molecule has 0 aromatic heterocycles. The summed E-state index contributed by atoms with van der Waals surface area (Å²) < 4.78 is 4.69. The van der Waals surface area contributed by atoms with E-state index in [9.17, 15) is 9.59 Å². The van der Waals surface area contributed by atoms with Crippen molar-refractivity contribution in [2.24, 2.45) is 0 Å². The van der Waals surface area contributed by atoms with E-state index in [2.05, 4.69) is 34.1 Å². The Hall–Kier alpha value is -2.92. The maximum atomic E-state index is 12.2. The summed E-state index contributed by atoms with van der Waals surface area (Å²) in [5, 5.41) is 2.76. The minimum Gasteiger partial charge on any atom is -0.465 e. The topological polar surface area (TPSA) is 58.6 Å². The van der Waals surface area contributed by atoms with Crippen LogP contribution in [0.2, 0.25) is 0 Å². The highest BCUT2D eigenvalue weighted by Crippen LogP contribution is 2.20. The van der Waals surface area contributed by atoms with Gasteiger partial charge in [-0.2, -0.15) is 0 Å². The van der Waals surface area contributed by atoms with Crippen molar-refractivity contribution >= 4 is 23.6 Å². The lowest BCUT2D eigenvalue weighted by molar-refractivity contribution is -0.111. The third-order valence-corrected chi connectivity index (χ3v) is 4.41. The second kappa shape index (κ2) is 7.97. The SMILES string of the molecule is COC(=O)c1cccc(NC(=O)/C=C/c2ccc3c(c2)CN(C)CC3)c1. The van der Waals surface area contributed by atoms with Gasteiger partial charge in [-0.15, -0.1) is 0 Å². The Morgan fingerprint density at radius 3 is 2.81 bits per heavy atom. The molecule has 26 heavy (non-hydrogen) atoms. The Kier molecular flexibility index (Phi) is 5.49. The van der Waals surface area contributed by atoms with Crippen molar-refractivity contribution in [3.63, 3.8) is 0 Å². The number of fused-ring (bicyclic) bond motifs is 1. The van der Waals surface area contributed by atoms with Gasteiger partial charge < -0.3 is 15.0 Å². The molecule has 0 saturated heterocycles. The number of hydrogen-bond acceptors (Lipinski definition) is 4. The number of rotatable bonds is 4. The molecule has 3 rings (SSSR count). The Morgan fingerprint density at radius 1 is 1.15 bits per heavy atom. The summed E-state index contributed by atoms with van der Waals surface area (Å²) in [7, 11) is 3.44. The van der Waals surface area contributed by atoms with Crippen LogP contribution in [0.4, 0.5) is 5.69 Å². The van der Waals surface area contributed by atoms with E-state index in [4.69, 9.17) is 0 Å². The molecule has 2 aromatic carbocycles. The van der Waals surface area contributed by atoms with Gasteiger partial charge in [0.05, 0.1) is 12.7 Å². The van der Waals surface area contributed by atoms with Crippen LogP contribution in [0, 0.1) is 0 Å². The van der Waals surface area contributed by atoms with E-state index in [1.54, 1.807) is 30.3 Å². The molecule has 0 saturated carbocycles. The molecule has 1 heterocycles. The van der Waals surface area contributed by atoms with Crippen LogP contribution in [-0.4, -0.2) is 37.5 Å². The van der Waals surface area contributed by atoms with Gasteiger partial charge in [-0.05, 0) is 54.4 Å². The molecule has 1 amide bonds. The molecule has 1 N–H and O–H groups in total. The Bertz CT molecular complexity index is 858. The smallest absolute Gasteiger partial charge is 0.337 e. The first-order chi connectivity index (χ1) is 12.5. The van der Waals surface area contributed by atoms with Gasteiger partial charge in [0.25, 0.3) is 0 Å². The van der Waals surface area contributed by atoms with E-state index in [-0.39, 0.29) is 5.91 Å². The molecule has 2 aromatic rings. The number of nitrogens with one attached hydrogen (secondary N) is 1. The van der Waals surface area contributed by atoms with E-state index in [1.807, 2.05) is 6.07 Å². The number of carbonyl (C=O) groups is 2. The minimum atomic E-state index is -0.435. The van der Waals surface area contributed by atoms with Gasteiger partial charge in [-0.1, -0.05) is 24.3 Å². The van der Waals surface area contributed by atoms with Crippen LogP contribution in [-0.2, 0) is 22.5 Å². The number of methoxy groups -OCH3 is 1. The molecule has 0 aliphatic carbocycles. The molecule has 5 heteroatoms. The number of anilines is 1. The predicted molar refractivity (Wildman–Crippen MR) is 102 cm³/mol. The van der Waals surface area contributed by atoms with Gasteiger partial charge in [0, 0.05) is 24.9 Å². The summed E-state index contributed by atoms with van der Waals surface area (Å²) in [6, 6.07) is 13.0. The molecule has 1 aliphatic rings. The molecule has 1 aliphatic heterocycles. The molecule has 5 nitrogen and oxygen atoms in total. The summed E-state index contributed by atoms with van der Waals surface area (Å²) in [6.45, 7) is 2.01. The lowest BCUT2D eigenvalue weighted by Gasteiger charge is -2.25. The maximum Gasteiger partial charge on any atom is 0.337 e. The first-order valence-corrected chi connectivity index (χ1v) is 8.53. The highest BCUT2D eigenvalue weighted by molar-refractivity contribution is 6.02. The zero-order chi connectivity index (χ0) is 18.5. The molecular weight excluding hydrogens is 328 g/mol. The summed E-state index contributed by atoms with van der Waals surface area (Å²) in [5.41, 5.74) is 4.64. The first kappa shape index (κ1) is 17.9. The zero-order valence-corrected chi connectivity index (χ0v) is 15.0. The number of ether oxygens (including phenoxy) is 1. The minimum absolute atomic E-state index is 0.248. The van der Waals surface area contributed by atoms with Gasteiger partial charge >= 0.3 is 5.97 Å². The average molecular weight is 350 g/mol. The van der Waals surface area contributed by atoms with Crippen LogP contribution in [0.15, 0.2) is 48.5 Å². The van der Waals surface area contributed by atoms with Crippen molar-refractivity contribution in [1.82, 2.24) is 4.90 Å². The van der Waals surface area contributed by atoms with Crippen molar-refractivity contribution in [3.8, 4) is 0 Å². The largest absolute Gasteiger partial charge is 0.465 e. The Morgan fingerprint density at radius 2 is 2.00 bits per heavy atom. The lowest BCUT2D eigenvalue weighted by Crippen LogP contribution is -2.26. The third-order valence-electron chi connectivity index (χ3n) is 4.41. The molecule has 0 radical (unpaired) electrons. The lowest BCUT2D eigenvalue weighted by atomic mass is 9.97. The third kappa shape index (κ3) is 4.37. The van der Waals surface area contributed by atoms with Gasteiger partial charge in [-0.3, -0.25) is 4.79 Å². The quantitative estimate of drug-likeness (QED) is 0.680. The van der Waals surface area contributed by atoms with Crippen LogP contribution in [0.5, 0.6) is 0 Å². The van der Waals surface area contributed by atoms with Crippen molar-refractivity contribution in [2.75, 3.05) is 26.0 Å². The summed E-state index contributed by atoms with van der Waals surface area (Å²) in [5.74, 6) is -0.683. The van der Waals surface area contributed by atoms with E-state index in [1.165, 1.54) is 24.3 Å². The number of likely N-dealkylation sites (N-methyl/N-ethyl adjacent to an activating group) is 1. The van der Waals surface area contributed by atoms with Gasteiger partial charge in [0.15, 0.2) is 0 Å². The highest BCUT2D eigenvalue weighted by atomic mass is 16.5. The van der Waals surface area contributed by atoms with Crippen molar-refractivity contribution in [2.45, 2.75) is 13.0 Å². The molecular formula is C21H22N2O3. The summed E-state index contributed by atoms with van der Waals surface area (Å²) in [6.07, 6.45) is 4.36. The van der Waals surface area contributed by atoms with Crippen molar-refractivity contribution < 1.29 is 14.3 Å². The molecule has 0 spiro atoms. The van der Waals surface area contributed by atoms with Crippen LogP contribution in [0.3, 0.4) is 0 Å². The molecule has 0 atom stereocenters. The van der Waals surface area contributed by atoms with Crippen molar-refractivity contribution in [3.05, 3.63) is 70.8 Å². The molecule has 0 bridgehead atoms. The standard InChI is InChI=1S/C21H22N2O3/c1-23-11-10-16-8-6-15(12-18(16)14-23)7-9-20(24)22-19-5-3-4-17(13-19)21(25)26-2/h3-9,12-13H,10-11,14H2,1-2H3,(H,22,24)/b9-7+. The second-order valence-electron chi connectivity index (χ2n) is 6.41. The van der Waals surface area contributed by atoms with Gasteiger partial charge in [-0.25, -0.2) is 4.79 Å². The van der Waals surface area contributed by atoms with E-state index < -0.39 is 5.97 Å². The summed E-state index contributed by atoms with van der Waals surface area (Å²) in [4.78, 5) is 26.0. The van der Waals surface area contributed by atoms with E-state index in [0.29, 0.717) is 11.3 Å². The fraction of sp³-hybridized carbons (Fsp3) is 0.238. The van der Waals surface area contributed by atoms with E-state index in [0.717, 1.165) is 25.1 Å². The highest BCUT2D eigenvalue weighted by Gasteiger charge is 2.12. The van der Waals surface area contributed by atoms with Gasteiger partial charge in [0.2, 0.25) is 5.91 Å². The number of carbonyl (C=O) groups excluding carboxylic acids is 2. The first-order valence-electron chi connectivity index (χ1n) is 8.53. The number of esters is 1. The Labute approximate surface area is 153 Å². The van der Waals surface area contributed by atoms with Crippen molar-refractivity contribution in [1.29, 1.82) is 0 Å². The Balaban J connectivity index is 1.67. The average Bonchev–Trinajstić information content (AvgIpc) is 2.65. The fourth-order valence-corrected chi connectivity index (χ4v) is 3.02. The van der Waals surface area contributed by atoms with Crippen LogP contribution in [0.1, 0.15) is 27.0 Å². The van der Waals surface area contributed by atoms with E-state index >= 15 is 0 Å². The van der Waals surface area contributed by atoms with Crippen LogP contribution >= 0.6 is 0 Å².